The molecule has 0 radical (unpaired) electrons. The highest BCUT2D eigenvalue weighted by molar-refractivity contribution is 5.78. The summed E-state index contributed by atoms with van der Waals surface area (Å²) in [5.41, 5.74) is 7.59. The molecule has 6 nitrogen and oxygen atoms in total. The number of aliphatic hydroxyl groups is 1. The van der Waals surface area contributed by atoms with Gasteiger partial charge >= 0.3 is 5.69 Å². The van der Waals surface area contributed by atoms with Crippen LogP contribution in [0.2, 0.25) is 0 Å². The number of rotatable bonds is 5. The van der Waals surface area contributed by atoms with Gasteiger partial charge in [0.05, 0.1) is 37.4 Å². The van der Waals surface area contributed by atoms with Crippen molar-refractivity contribution in [3.8, 4) is 0 Å². The largest absolute Gasteiger partial charge is 0.399 e. The fourth-order valence-corrected chi connectivity index (χ4v) is 1.73. The van der Waals surface area contributed by atoms with Crippen LogP contribution in [0, 0.1) is 0 Å². The van der Waals surface area contributed by atoms with Crippen LogP contribution in [0.4, 0.5) is 5.69 Å². The van der Waals surface area contributed by atoms with Gasteiger partial charge in [-0.2, -0.15) is 0 Å². The second-order valence-corrected chi connectivity index (χ2v) is 3.69. The van der Waals surface area contributed by atoms with Crippen LogP contribution in [0.1, 0.15) is 0 Å². The Kier molecular flexibility index (Phi) is 3.46. The molecule has 6 heteroatoms. The van der Waals surface area contributed by atoms with Crippen molar-refractivity contribution in [3.05, 3.63) is 28.7 Å². The zero-order valence-electron chi connectivity index (χ0n) is 9.35. The van der Waals surface area contributed by atoms with E-state index in [1.54, 1.807) is 22.8 Å². The predicted molar refractivity (Wildman–Crippen MR) is 64.9 cm³/mol. The van der Waals surface area contributed by atoms with Crippen molar-refractivity contribution in [3.63, 3.8) is 0 Å². The fraction of sp³-hybridized carbons (Fsp3) is 0.364. The van der Waals surface area contributed by atoms with Crippen molar-refractivity contribution in [1.82, 2.24) is 9.55 Å². The monoisotopic (exact) mass is 237 g/mol. The summed E-state index contributed by atoms with van der Waals surface area (Å²) in [6, 6.07) is 5.27. The van der Waals surface area contributed by atoms with Crippen molar-refractivity contribution < 1.29 is 9.84 Å². The summed E-state index contributed by atoms with van der Waals surface area (Å²) in [5, 5.41) is 8.57. The molecule has 2 aromatic rings. The number of nitrogens with zero attached hydrogens (tertiary/aromatic N) is 1. The summed E-state index contributed by atoms with van der Waals surface area (Å²) in [7, 11) is 0. The van der Waals surface area contributed by atoms with E-state index in [4.69, 9.17) is 15.6 Å². The highest BCUT2D eigenvalue weighted by atomic mass is 16.5. The smallest absolute Gasteiger partial charge is 0.326 e. The van der Waals surface area contributed by atoms with Crippen LogP contribution in [0.25, 0.3) is 11.0 Å². The molecule has 1 heterocycles. The first-order valence-electron chi connectivity index (χ1n) is 5.39. The quantitative estimate of drug-likeness (QED) is 0.501. The lowest BCUT2D eigenvalue weighted by Gasteiger charge is -2.04. The lowest BCUT2D eigenvalue weighted by molar-refractivity contribution is 0.0871. The number of nitrogens with two attached hydrogens (primary N) is 1. The number of aromatic nitrogens is 2. The normalized spacial score (nSPS) is 11.1. The van der Waals surface area contributed by atoms with Gasteiger partial charge in [-0.3, -0.25) is 4.57 Å². The van der Waals surface area contributed by atoms with Crippen LogP contribution in [-0.2, 0) is 11.3 Å². The highest BCUT2D eigenvalue weighted by Gasteiger charge is 2.06. The van der Waals surface area contributed by atoms with E-state index in [9.17, 15) is 4.79 Å². The van der Waals surface area contributed by atoms with Gasteiger partial charge < -0.3 is 20.6 Å². The lowest BCUT2D eigenvalue weighted by Crippen LogP contribution is -2.20. The molecule has 0 aliphatic rings. The summed E-state index contributed by atoms with van der Waals surface area (Å²) in [4.78, 5) is 14.4. The van der Waals surface area contributed by atoms with E-state index in [0.29, 0.717) is 18.8 Å². The highest BCUT2D eigenvalue weighted by Crippen LogP contribution is 2.13. The molecule has 0 aliphatic heterocycles. The minimum Gasteiger partial charge on any atom is -0.399 e. The number of fused-ring (bicyclic) bond motifs is 1. The third kappa shape index (κ3) is 2.48. The average Bonchev–Trinajstić information content (AvgIpc) is 2.60. The van der Waals surface area contributed by atoms with E-state index >= 15 is 0 Å². The molecule has 0 amide bonds. The van der Waals surface area contributed by atoms with Gasteiger partial charge in [0, 0.05) is 5.69 Å². The van der Waals surface area contributed by atoms with Gasteiger partial charge in [0.15, 0.2) is 0 Å². The Labute approximate surface area is 97.6 Å². The molecule has 1 aromatic heterocycles. The van der Waals surface area contributed by atoms with Gasteiger partial charge in [-0.15, -0.1) is 0 Å². The number of benzene rings is 1. The Morgan fingerprint density at radius 2 is 2.24 bits per heavy atom. The van der Waals surface area contributed by atoms with E-state index in [-0.39, 0.29) is 18.9 Å². The third-order valence-electron chi connectivity index (χ3n) is 2.49. The van der Waals surface area contributed by atoms with E-state index in [2.05, 4.69) is 4.98 Å². The molecule has 0 fully saturated rings. The zero-order valence-corrected chi connectivity index (χ0v) is 9.35. The molecule has 1 aromatic carbocycles. The summed E-state index contributed by atoms with van der Waals surface area (Å²) in [5.74, 6) is 0. The summed E-state index contributed by atoms with van der Waals surface area (Å²) < 4.78 is 6.72. The Morgan fingerprint density at radius 3 is 3.00 bits per heavy atom. The SMILES string of the molecule is Nc1ccc2c(c1)[nH]c(=O)n2CCOCCO. The minimum atomic E-state index is -0.182. The number of imidazole rings is 1. The molecule has 0 atom stereocenters. The second-order valence-electron chi connectivity index (χ2n) is 3.69. The molecule has 17 heavy (non-hydrogen) atoms. The molecular formula is C11H15N3O3. The molecular weight excluding hydrogens is 222 g/mol. The average molecular weight is 237 g/mol. The van der Waals surface area contributed by atoms with Gasteiger partial charge in [0.25, 0.3) is 0 Å². The predicted octanol–water partition coefficient (Wildman–Crippen LogP) is -0.0793. The number of aliphatic hydroxyl groups excluding tert-OH is 1. The fourth-order valence-electron chi connectivity index (χ4n) is 1.73. The van der Waals surface area contributed by atoms with Crippen LogP contribution in [0.3, 0.4) is 0 Å². The molecule has 2 rings (SSSR count). The Morgan fingerprint density at radius 1 is 1.41 bits per heavy atom. The number of anilines is 1. The lowest BCUT2D eigenvalue weighted by atomic mass is 10.3. The number of nitrogens with one attached hydrogen (secondary N) is 1. The van der Waals surface area contributed by atoms with Gasteiger partial charge in [-0.1, -0.05) is 0 Å². The van der Waals surface area contributed by atoms with Crippen molar-refractivity contribution in [1.29, 1.82) is 0 Å². The van der Waals surface area contributed by atoms with E-state index < -0.39 is 0 Å². The molecule has 0 bridgehead atoms. The van der Waals surface area contributed by atoms with E-state index in [1.165, 1.54) is 0 Å². The topological polar surface area (TPSA) is 93.3 Å². The Hall–Kier alpha value is -1.79. The Balaban J connectivity index is 2.21. The second kappa shape index (κ2) is 5.03. The first-order valence-corrected chi connectivity index (χ1v) is 5.39. The maximum atomic E-state index is 11.7. The molecule has 92 valence electrons. The molecule has 4 N–H and O–H groups in total. The number of nitrogen functional groups attached to an aromatic ring is 1. The number of ether oxygens (including phenoxy) is 1. The first kappa shape index (κ1) is 11.7. The third-order valence-corrected chi connectivity index (χ3v) is 2.49. The summed E-state index contributed by atoms with van der Waals surface area (Å²) in [6.07, 6.45) is 0. The summed E-state index contributed by atoms with van der Waals surface area (Å²) in [6.45, 7) is 1.10. The number of H-pyrrole nitrogens is 1. The number of aromatic amines is 1. The van der Waals surface area contributed by atoms with Crippen molar-refractivity contribution in [2.45, 2.75) is 6.54 Å². The molecule has 0 saturated heterocycles. The zero-order chi connectivity index (χ0) is 12.3. The van der Waals surface area contributed by atoms with Crippen LogP contribution < -0.4 is 11.4 Å². The van der Waals surface area contributed by atoms with Crippen LogP contribution in [0.5, 0.6) is 0 Å². The van der Waals surface area contributed by atoms with Crippen LogP contribution >= 0.6 is 0 Å². The summed E-state index contributed by atoms with van der Waals surface area (Å²) >= 11 is 0. The van der Waals surface area contributed by atoms with Gasteiger partial charge in [0.1, 0.15) is 0 Å². The minimum absolute atomic E-state index is 0.0146. The van der Waals surface area contributed by atoms with E-state index in [1.807, 2.05) is 0 Å². The first-order chi connectivity index (χ1) is 8.22. The maximum absolute atomic E-state index is 11.7. The van der Waals surface area contributed by atoms with Gasteiger partial charge in [-0.25, -0.2) is 4.79 Å². The van der Waals surface area contributed by atoms with Crippen LogP contribution in [-0.4, -0.2) is 34.5 Å². The van der Waals surface area contributed by atoms with Gasteiger partial charge in [0.2, 0.25) is 0 Å². The maximum Gasteiger partial charge on any atom is 0.326 e. The standard InChI is InChI=1S/C11H15N3O3/c12-8-1-2-10-9(7-8)13-11(16)14(10)3-5-17-6-4-15/h1-2,7,15H,3-6,12H2,(H,13,16). The van der Waals surface area contributed by atoms with Crippen molar-refractivity contribution in [2.75, 3.05) is 25.6 Å². The molecule has 0 saturated carbocycles. The molecule has 0 spiro atoms. The van der Waals surface area contributed by atoms with Crippen molar-refractivity contribution >= 4 is 16.7 Å². The number of hydrogen-bond donors (Lipinski definition) is 3. The number of hydrogen-bond acceptors (Lipinski definition) is 4. The molecule has 0 unspecified atom stereocenters. The van der Waals surface area contributed by atoms with Crippen LogP contribution in [0.15, 0.2) is 23.0 Å². The molecule has 0 aliphatic carbocycles. The Bertz CT molecular complexity index is 559. The van der Waals surface area contributed by atoms with E-state index in [0.717, 1.165) is 11.0 Å². The van der Waals surface area contributed by atoms with Crippen molar-refractivity contribution in [2.24, 2.45) is 0 Å². The van der Waals surface area contributed by atoms with Gasteiger partial charge in [-0.05, 0) is 18.2 Å².